The van der Waals surface area contributed by atoms with Gasteiger partial charge in [0, 0.05) is 25.2 Å². The Kier molecular flexibility index (Phi) is 3.30. The molecular weight excluding hydrogens is 243 g/mol. The lowest BCUT2D eigenvalue weighted by molar-refractivity contribution is 0.520. The molecule has 1 aromatic heterocycles. The Morgan fingerprint density at radius 3 is 2.16 bits per heavy atom. The molecule has 1 aromatic carbocycles. The molecule has 0 aliphatic rings. The van der Waals surface area contributed by atoms with Gasteiger partial charge in [0.05, 0.1) is 0 Å². The molecule has 0 saturated heterocycles. The van der Waals surface area contributed by atoms with E-state index >= 15 is 0 Å². The second-order valence-electron chi connectivity index (χ2n) is 5.67. The normalized spacial score (nSPS) is 11.7. The molecule has 102 valence electrons. The molecule has 19 heavy (non-hydrogen) atoms. The number of hydrogen-bond acceptors (Lipinski definition) is 3. The average molecular weight is 262 g/mol. The zero-order chi connectivity index (χ0) is 14.2. The van der Waals surface area contributed by atoms with E-state index in [1.165, 1.54) is 12.1 Å². The van der Waals surface area contributed by atoms with Gasteiger partial charge >= 0.3 is 0 Å². The molecule has 0 aliphatic heterocycles. The van der Waals surface area contributed by atoms with Gasteiger partial charge in [-0.15, -0.1) is 10.2 Å². The molecule has 0 aliphatic carbocycles. The van der Waals surface area contributed by atoms with Crippen LogP contribution in [0.4, 0.5) is 16.0 Å². The Morgan fingerprint density at radius 2 is 1.68 bits per heavy atom. The van der Waals surface area contributed by atoms with Gasteiger partial charge in [0.2, 0.25) is 5.95 Å². The predicted molar refractivity (Wildman–Crippen MR) is 74.2 cm³/mol. The molecule has 0 saturated carbocycles. The molecule has 0 atom stereocenters. The van der Waals surface area contributed by atoms with Crippen LogP contribution in [0.5, 0.6) is 0 Å². The maximum absolute atomic E-state index is 12.9. The first-order valence-corrected chi connectivity index (χ1v) is 6.20. The molecule has 0 fully saturated rings. The molecule has 1 heterocycles. The van der Waals surface area contributed by atoms with Crippen molar-refractivity contribution >= 4 is 11.6 Å². The van der Waals surface area contributed by atoms with Crippen LogP contribution in [0.1, 0.15) is 26.6 Å². The SMILES string of the molecule is CN(c1ccc(F)cc1)c1nnc(C(C)(C)C)n1C. The lowest BCUT2D eigenvalue weighted by atomic mass is 9.96. The Labute approximate surface area is 112 Å². The third-order valence-electron chi connectivity index (χ3n) is 3.04. The Morgan fingerprint density at radius 1 is 1.11 bits per heavy atom. The summed E-state index contributed by atoms with van der Waals surface area (Å²) in [6, 6.07) is 6.32. The highest BCUT2D eigenvalue weighted by Crippen LogP contribution is 2.26. The number of nitrogens with zero attached hydrogens (tertiary/aromatic N) is 4. The molecule has 0 amide bonds. The van der Waals surface area contributed by atoms with Crippen LogP contribution in [0.15, 0.2) is 24.3 Å². The van der Waals surface area contributed by atoms with E-state index in [0.717, 1.165) is 17.5 Å². The summed E-state index contributed by atoms with van der Waals surface area (Å²) >= 11 is 0. The molecule has 0 radical (unpaired) electrons. The van der Waals surface area contributed by atoms with Gasteiger partial charge in [-0.05, 0) is 24.3 Å². The maximum atomic E-state index is 12.9. The van der Waals surface area contributed by atoms with Crippen molar-refractivity contribution in [3.63, 3.8) is 0 Å². The fraction of sp³-hybridized carbons (Fsp3) is 0.429. The topological polar surface area (TPSA) is 34.0 Å². The summed E-state index contributed by atoms with van der Waals surface area (Å²) in [5.74, 6) is 1.40. The van der Waals surface area contributed by atoms with Crippen molar-refractivity contribution in [1.29, 1.82) is 0 Å². The minimum Gasteiger partial charge on any atom is -0.314 e. The summed E-state index contributed by atoms with van der Waals surface area (Å²) < 4.78 is 14.9. The van der Waals surface area contributed by atoms with Crippen LogP contribution in [0.3, 0.4) is 0 Å². The first-order chi connectivity index (χ1) is 8.80. The number of hydrogen-bond donors (Lipinski definition) is 0. The lowest BCUT2D eigenvalue weighted by Gasteiger charge is -2.21. The van der Waals surface area contributed by atoms with E-state index in [1.54, 1.807) is 12.1 Å². The second-order valence-corrected chi connectivity index (χ2v) is 5.67. The van der Waals surface area contributed by atoms with Crippen LogP contribution in [-0.4, -0.2) is 21.8 Å². The van der Waals surface area contributed by atoms with Crippen LogP contribution in [0, 0.1) is 5.82 Å². The van der Waals surface area contributed by atoms with E-state index in [4.69, 9.17) is 0 Å². The third-order valence-corrected chi connectivity index (χ3v) is 3.04. The van der Waals surface area contributed by atoms with Crippen LogP contribution in [0.2, 0.25) is 0 Å². The Balaban J connectivity index is 2.37. The van der Waals surface area contributed by atoms with Crippen molar-refractivity contribution in [1.82, 2.24) is 14.8 Å². The van der Waals surface area contributed by atoms with E-state index in [1.807, 2.05) is 23.6 Å². The van der Waals surface area contributed by atoms with Crippen molar-refractivity contribution < 1.29 is 4.39 Å². The summed E-state index contributed by atoms with van der Waals surface area (Å²) in [5.41, 5.74) is 0.807. The maximum Gasteiger partial charge on any atom is 0.231 e. The van der Waals surface area contributed by atoms with Gasteiger partial charge < -0.3 is 4.90 Å². The smallest absolute Gasteiger partial charge is 0.231 e. The zero-order valence-corrected chi connectivity index (χ0v) is 12.0. The molecule has 2 rings (SSSR count). The predicted octanol–water partition coefficient (Wildman–Crippen LogP) is 3.02. The minimum absolute atomic E-state index is 0.0658. The van der Waals surface area contributed by atoms with E-state index in [-0.39, 0.29) is 11.2 Å². The molecule has 0 bridgehead atoms. The van der Waals surface area contributed by atoms with Gasteiger partial charge in [-0.2, -0.15) is 0 Å². The average Bonchev–Trinajstić information content (AvgIpc) is 2.71. The molecule has 0 unspecified atom stereocenters. The second kappa shape index (κ2) is 4.64. The molecule has 5 heteroatoms. The Hall–Kier alpha value is -1.91. The van der Waals surface area contributed by atoms with Gasteiger partial charge in [0.15, 0.2) is 0 Å². The minimum atomic E-state index is -0.245. The fourth-order valence-corrected chi connectivity index (χ4v) is 2.05. The van der Waals surface area contributed by atoms with Crippen molar-refractivity contribution in [2.45, 2.75) is 26.2 Å². The lowest BCUT2D eigenvalue weighted by Crippen LogP contribution is -2.20. The van der Waals surface area contributed by atoms with Crippen molar-refractivity contribution in [3.8, 4) is 0 Å². The summed E-state index contributed by atoms with van der Waals surface area (Å²) in [5, 5.41) is 8.47. The monoisotopic (exact) mass is 262 g/mol. The molecular formula is C14H19FN4. The van der Waals surface area contributed by atoms with Crippen LogP contribution in [-0.2, 0) is 12.5 Å². The van der Waals surface area contributed by atoms with Crippen LogP contribution < -0.4 is 4.90 Å². The molecule has 0 spiro atoms. The highest BCUT2D eigenvalue weighted by atomic mass is 19.1. The van der Waals surface area contributed by atoms with Crippen LogP contribution >= 0.6 is 0 Å². The molecule has 4 nitrogen and oxygen atoms in total. The van der Waals surface area contributed by atoms with Crippen molar-refractivity contribution in [2.24, 2.45) is 7.05 Å². The fourth-order valence-electron chi connectivity index (χ4n) is 2.05. The number of aromatic nitrogens is 3. The molecule has 0 N–H and O–H groups in total. The van der Waals surface area contributed by atoms with E-state index in [0.29, 0.717) is 0 Å². The van der Waals surface area contributed by atoms with Gasteiger partial charge in [0.25, 0.3) is 0 Å². The standard InChI is InChI=1S/C14H19FN4/c1-14(2,3)12-16-17-13(19(12)5)18(4)11-8-6-10(15)7-9-11/h6-9H,1-5H3. The van der Waals surface area contributed by atoms with Crippen molar-refractivity contribution in [2.75, 3.05) is 11.9 Å². The van der Waals surface area contributed by atoms with Gasteiger partial charge in [0.1, 0.15) is 11.6 Å². The summed E-state index contributed by atoms with van der Waals surface area (Å²) in [6.45, 7) is 6.29. The summed E-state index contributed by atoms with van der Waals surface area (Å²) in [4.78, 5) is 1.89. The highest BCUT2D eigenvalue weighted by molar-refractivity contribution is 5.56. The first kappa shape index (κ1) is 13.5. The molecule has 2 aromatic rings. The van der Waals surface area contributed by atoms with Crippen molar-refractivity contribution in [3.05, 3.63) is 35.9 Å². The zero-order valence-electron chi connectivity index (χ0n) is 12.0. The van der Waals surface area contributed by atoms with E-state index in [9.17, 15) is 4.39 Å². The van der Waals surface area contributed by atoms with Gasteiger partial charge in [-0.1, -0.05) is 20.8 Å². The van der Waals surface area contributed by atoms with Crippen LogP contribution in [0.25, 0.3) is 0 Å². The first-order valence-electron chi connectivity index (χ1n) is 6.20. The number of halogens is 1. The Bertz CT molecular complexity index is 566. The number of rotatable bonds is 2. The highest BCUT2D eigenvalue weighted by Gasteiger charge is 2.23. The van der Waals surface area contributed by atoms with E-state index in [2.05, 4.69) is 31.0 Å². The van der Waals surface area contributed by atoms with Gasteiger partial charge in [-0.25, -0.2) is 4.39 Å². The van der Waals surface area contributed by atoms with Gasteiger partial charge in [-0.3, -0.25) is 4.57 Å². The quantitative estimate of drug-likeness (QED) is 0.834. The third kappa shape index (κ3) is 2.59. The van der Waals surface area contributed by atoms with E-state index < -0.39 is 0 Å². The summed E-state index contributed by atoms with van der Waals surface area (Å²) in [6.07, 6.45) is 0. The number of anilines is 2. The summed E-state index contributed by atoms with van der Waals surface area (Å²) in [7, 11) is 3.83. The number of benzene rings is 1. The largest absolute Gasteiger partial charge is 0.314 e.